The third kappa shape index (κ3) is 4.08. The number of rotatable bonds is 8. The van der Waals surface area contributed by atoms with Crippen molar-refractivity contribution in [3.63, 3.8) is 0 Å². The zero-order valence-corrected chi connectivity index (χ0v) is 10.9. The van der Waals surface area contributed by atoms with Gasteiger partial charge in [0.15, 0.2) is 5.66 Å². The first-order valence-electron chi connectivity index (χ1n) is 5.04. The van der Waals surface area contributed by atoms with Crippen LogP contribution in [0.2, 0.25) is 0 Å². The van der Waals surface area contributed by atoms with Gasteiger partial charge in [0.2, 0.25) is 0 Å². The van der Waals surface area contributed by atoms with Crippen molar-refractivity contribution in [3.8, 4) is 0 Å². The largest absolute Gasteiger partial charge is 0.465 e. The highest BCUT2D eigenvalue weighted by molar-refractivity contribution is 7.55. The number of allylic oxidation sites excluding steroid dienone is 1. The Morgan fingerprint density at radius 2 is 2.00 bits per heavy atom. The minimum Gasteiger partial charge on any atom is -0.465 e. The van der Waals surface area contributed by atoms with Crippen molar-refractivity contribution in [1.82, 2.24) is 0 Å². The summed E-state index contributed by atoms with van der Waals surface area (Å²) in [5, 5.41) is 0. The zero-order chi connectivity index (χ0) is 12.6. The second-order valence-corrected chi connectivity index (χ2v) is 5.47. The fourth-order valence-corrected chi connectivity index (χ4v) is 2.70. The summed E-state index contributed by atoms with van der Waals surface area (Å²) in [6.45, 7) is 5.47. The smallest absolute Gasteiger partial charge is 0.344 e. The number of hydrogen-bond acceptors (Lipinski definition) is 5. The standard InChI is InChI=1S/C10H19O5P/c1-5-7-8-9(10(11)15-6-2)16(12,13-3)14-4/h5,9H,1,6-8H2,2-4H3. The van der Waals surface area contributed by atoms with Crippen LogP contribution in [-0.4, -0.2) is 32.5 Å². The summed E-state index contributed by atoms with van der Waals surface area (Å²) in [7, 11) is -0.920. The number of ether oxygens (including phenoxy) is 1. The summed E-state index contributed by atoms with van der Waals surface area (Å²) in [5.41, 5.74) is -0.888. The van der Waals surface area contributed by atoms with Crippen LogP contribution in [-0.2, 0) is 23.1 Å². The van der Waals surface area contributed by atoms with Crippen LogP contribution in [0.1, 0.15) is 19.8 Å². The number of esters is 1. The van der Waals surface area contributed by atoms with Crippen LogP contribution in [0.4, 0.5) is 0 Å². The molecule has 0 saturated heterocycles. The summed E-state index contributed by atoms with van der Waals surface area (Å²) in [6, 6.07) is 0. The molecule has 5 nitrogen and oxygen atoms in total. The molecule has 94 valence electrons. The van der Waals surface area contributed by atoms with Gasteiger partial charge in [0.05, 0.1) is 6.61 Å². The first kappa shape index (κ1) is 15.4. The lowest BCUT2D eigenvalue weighted by atomic mass is 10.2. The second-order valence-electron chi connectivity index (χ2n) is 3.04. The highest BCUT2D eigenvalue weighted by atomic mass is 31.2. The van der Waals surface area contributed by atoms with Gasteiger partial charge in [-0.1, -0.05) is 6.08 Å². The van der Waals surface area contributed by atoms with E-state index in [1.165, 1.54) is 14.2 Å². The minimum atomic E-state index is -3.43. The SMILES string of the molecule is C=CCCC(C(=O)OCC)P(=O)(OC)OC. The van der Waals surface area contributed by atoms with Crippen molar-refractivity contribution in [2.24, 2.45) is 0 Å². The van der Waals surface area contributed by atoms with Gasteiger partial charge in [-0.15, -0.1) is 6.58 Å². The van der Waals surface area contributed by atoms with Crippen molar-refractivity contribution in [3.05, 3.63) is 12.7 Å². The van der Waals surface area contributed by atoms with Gasteiger partial charge in [-0.3, -0.25) is 9.36 Å². The van der Waals surface area contributed by atoms with Gasteiger partial charge in [-0.2, -0.15) is 0 Å². The van der Waals surface area contributed by atoms with Crippen molar-refractivity contribution in [1.29, 1.82) is 0 Å². The summed E-state index contributed by atoms with van der Waals surface area (Å²) in [4.78, 5) is 11.6. The van der Waals surface area contributed by atoms with Gasteiger partial charge in [-0.05, 0) is 19.8 Å². The van der Waals surface area contributed by atoms with E-state index in [1.807, 2.05) is 0 Å². The Bertz CT molecular complexity index is 268. The maximum Gasteiger partial charge on any atom is 0.344 e. The van der Waals surface area contributed by atoms with E-state index in [0.29, 0.717) is 12.8 Å². The average molecular weight is 250 g/mol. The quantitative estimate of drug-likeness (QED) is 0.376. The van der Waals surface area contributed by atoms with Crippen molar-refractivity contribution in [2.75, 3.05) is 20.8 Å². The van der Waals surface area contributed by atoms with E-state index in [2.05, 4.69) is 6.58 Å². The predicted molar refractivity (Wildman–Crippen MR) is 61.5 cm³/mol. The fourth-order valence-electron chi connectivity index (χ4n) is 1.25. The normalized spacial score (nSPS) is 13.2. The zero-order valence-electron chi connectivity index (χ0n) is 9.97. The highest BCUT2D eigenvalue weighted by Gasteiger charge is 2.40. The Hall–Kier alpha value is -0.640. The third-order valence-electron chi connectivity index (χ3n) is 2.09. The molecule has 0 N–H and O–H groups in total. The van der Waals surface area contributed by atoms with Crippen LogP contribution >= 0.6 is 7.60 Å². The minimum absolute atomic E-state index is 0.233. The van der Waals surface area contributed by atoms with E-state index in [1.54, 1.807) is 13.0 Å². The maximum absolute atomic E-state index is 12.1. The molecular weight excluding hydrogens is 231 g/mol. The maximum atomic E-state index is 12.1. The molecule has 0 aliphatic heterocycles. The Morgan fingerprint density at radius 3 is 2.38 bits per heavy atom. The molecule has 0 fully saturated rings. The number of carbonyl (C=O) groups excluding carboxylic acids is 1. The molecule has 16 heavy (non-hydrogen) atoms. The molecule has 0 aliphatic rings. The summed E-state index contributed by atoms with van der Waals surface area (Å²) in [5.74, 6) is -0.559. The molecule has 1 unspecified atom stereocenters. The van der Waals surface area contributed by atoms with E-state index in [4.69, 9.17) is 13.8 Å². The summed E-state index contributed by atoms with van der Waals surface area (Å²) >= 11 is 0. The molecule has 1 atom stereocenters. The lowest BCUT2D eigenvalue weighted by Crippen LogP contribution is -2.25. The molecular formula is C10H19O5P. The van der Waals surface area contributed by atoms with Gasteiger partial charge in [0, 0.05) is 14.2 Å². The van der Waals surface area contributed by atoms with Crippen molar-refractivity contribution < 1.29 is 23.1 Å². The molecule has 0 spiro atoms. The molecule has 0 aliphatic carbocycles. The Labute approximate surface area is 96.3 Å². The van der Waals surface area contributed by atoms with Crippen LogP contribution in [0.5, 0.6) is 0 Å². The lowest BCUT2D eigenvalue weighted by molar-refractivity contribution is -0.143. The van der Waals surface area contributed by atoms with Crippen molar-refractivity contribution >= 4 is 13.6 Å². The van der Waals surface area contributed by atoms with E-state index < -0.39 is 19.2 Å². The molecule has 6 heteroatoms. The van der Waals surface area contributed by atoms with Crippen LogP contribution in [0, 0.1) is 0 Å². The van der Waals surface area contributed by atoms with Crippen LogP contribution < -0.4 is 0 Å². The van der Waals surface area contributed by atoms with Crippen molar-refractivity contribution in [2.45, 2.75) is 25.4 Å². The fraction of sp³-hybridized carbons (Fsp3) is 0.700. The first-order valence-corrected chi connectivity index (χ1v) is 6.65. The first-order chi connectivity index (χ1) is 7.55. The molecule has 0 aromatic rings. The predicted octanol–water partition coefficient (Wildman–Crippen LogP) is 2.37. The van der Waals surface area contributed by atoms with Crippen LogP contribution in [0.15, 0.2) is 12.7 Å². The molecule has 0 rings (SSSR count). The van der Waals surface area contributed by atoms with E-state index in [9.17, 15) is 9.36 Å². The number of carbonyl (C=O) groups is 1. The summed E-state index contributed by atoms with van der Waals surface area (Å²) < 4.78 is 26.6. The monoisotopic (exact) mass is 250 g/mol. The third-order valence-corrected chi connectivity index (χ3v) is 4.34. The molecule has 0 aromatic carbocycles. The van der Waals surface area contributed by atoms with Gasteiger partial charge >= 0.3 is 13.6 Å². The van der Waals surface area contributed by atoms with E-state index >= 15 is 0 Å². The van der Waals surface area contributed by atoms with E-state index in [-0.39, 0.29) is 6.61 Å². The molecule has 0 saturated carbocycles. The molecule has 0 radical (unpaired) electrons. The average Bonchev–Trinajstić information content (AvgIpc) is 2.29. The molecule has 0 aromatic heterocycles. The van der Waals surface area contributed by atoms with Gasteiger partial charge in [-0.25, -0.2) is 0 Å². The topological polar surface area (TPSA) is 61.8 Å². The van der Waals surface area contributed by atoms with Gasteiger partial charge in [0.25, 0.3) is 0 Å². The molecule has 0 heterocycles. The Morgan fingerprint density at radius 1 is 1.44 bits per heavy atom. The molecule has 0 bridgehead atoms. The summed E-state index contributed by atoms with van der Waals surface area (Å²) in [6.07, 6.45) is 2.52. The van der Waals surface area contributed by atoms with Gasteiger partial charge < -0.3 is 13.8 Å². The molecule has 0 amide bonds. The lowest BCUT2D eigenvalue weighted by Gasteiger charge is -2.22. The second kappa shape index (κ2) is 7.60. The highest BCUT2D eigenvalue weighted by Crippen LogP contribution is 2.53. The van der Waals surface area contributed by atoms with Gasteiger partial charge in [0.1, 0.15) is 0 Å². The Balaban J connectivity index is 4.83. The Kier molecular flexibility index (Phi) is 7.30. The van der Waals surface area contributed by atoms with Crippen LogP contribution in [0.3, 0.4) is 0 Å². The number of hydrogen-bond donors (Lipinski definition) is 0. The van der Waals surface area contributed by atoms with E-state index in [0.717, 1.165) is 0 Å². The van der Waals surface area contributed by atoms with Crippen LogP contribution in [0.25, 0.3) is 0 Å².